The van der Waals surface area contributed by atoms with Crippen molar-refractivity contribution in [1.82, 2.24) is 9.80 Å². The van der Waals surface area contributed by atoms with Crippen molar-refractivity contribution < 1.29 is 18.3 Å². The zero-order valence-corrected chi connectivity index (χ0v) is 17.1. The van der Waals surface area contributed by atoms with Crippen molar-refractivity contribution >= 4 is 16.9 Å². The molecule has 1 aliphatic rings. The second-order valence-corrected chi connectivity index (χ2v) is 7.65. The molecule has 0 radical (unpaired) electrons. The van der Waals surface area contributed by atoms with Crippen LogP contribution in [-0.2, 0) is 0 Å². The van der Waals surface area contributed by atoms with Crippen LogP contribution in [0.4, 0.5) is 4.39 Å². The first-order valence-electron chi connectivity index (χ1n) is 9.76. The van der Waals surface area contributed by atoms with Crippen LogP contribution in [0.15, 0.2) is 51.7 Å². The van der Waals surface area contributed by atoms with Gasteiger partial charge in [-0.05, 0) is 63.0 Å². The minimum absolute atomic E-state index is 0.0248. The first-order chi connectivity index (χ1) is 14.4. The van der Waals surface area contributed by atoms with Gasteiger partial charge in [0.25, 0.3) is 5.91 Å². The number of benzene rings is 2. The molecule has 0 N–H and O–H groups in total. The summed E-state index contributed by atoms with van der Waals surface area (Å²) in [7, 11) is 5.49. The molecule has 0 saturated carbocycles. The molecule has 4 rings (SSSR count). The zero-order valence-electron chi connectivity index (χ0n) is 17.1. The lowest BCUT2D eigenvalue weighted by Crippen LogP contribution is -2.32. The summed E-state index contributed by atoms with van der Waals surface area (Å²) in [5.41, 5.74) is 0.806. The fourth-order valence-corrected chi connectivity index (χ4v) is 3.94. The van der Waals surface area contributed by atoms with E-state index in [0.29, 0.717) is 12.3 Å². The van der Waals surface area contributed by atoms with Gasteiger partial charge in [-0.3, -0.25) is 9.59 Å². The van der Waals surface area contributed by atoms with E-state index in [4.69, 9.17) is 9.15 Å². The van der Waals surface area contributed by atoms with Gasteiger partial charge in [0, 0.05) is 6.54 Å². The number of fused-ring (bicyclic) bond motifs is 2. The third kappa shape index (κ3) is 3.45. The van der Waals surface area contributed by atoms with Crippen LogP contribution in [0.3, 0.4) is 0 Å². The van der Waals surface area contributed by atoms with E-state index in [9.17, 15) is 14.0 Å². The molecule has 2 aromatic carbocycles. The topological polar surface area (TPSA) is 63.0 Å². The molecule has 0 aliphatic carbocycles. The van der Waals surface area contributed by atoms with Crippen molar-refractivity contribution in [3.8, 4) is 5.75 Å². The Kier molecular flexibility index (Phi) is 5.30. The van der Waals surface area contributed by atoms with E-state index in [2.05, 4.69) is 0 Å². The predicted molar refractivity (Wildman–Crippen MR) is 111 cm³/mol. The van der Waals surface area contributed by atoms with Crippen molar-refractivity contribution in [3.05, 3.63) is 75.4 Å². The number of hydrogen-bond acceptors (Lipinski definition) is 5. The Bertz CT molecular complexity index is 1170. The number of hydrogen-bond donors (Lipinski definition) is 0. The van der Waals surface area contributed by atoms with Crippen molar-refractivity contribution in [2.24, 2.45) is 0 Å². The monoisotopic (exact) mass is 410 g/mol. The van der Waals surface area contributed by atoms with Crippen LogP contribution >= 0.6 is 0 Å². The normalized spacial score (nSPS) is 15.8. The van der Waals surface area contributed by atoms with E-state index < -0.39 is 11.9 Å². The minimum atomic E-state index is -0.617. The number of halogens is 1. The molecule has 0 unspecified atom stereocenters. The highest BCUT2D eigenvalue weighted by molar-refractivity contribution is 5.99. The number of amides is 1. The Morgan fingerprint density at radius 2 is 1.97 bits per heavy atom. The Morgan fingerprint density at radius 1 is 1.17 bits per heavy atom. The quantitative estimate of drug-likeness (QED) is 0.623. The SMILES string of the molecule is COc1cccc([C@@H]2c3c(oc4ccc(F)cc4c3=O)C(=O)N2CCCN(C)C)c1. The standard InChI is InChI=1S/C23H23FN2O4/c1-25(2)10-5-11-26-20(14-6-4-7-16(12-14)29-3)19-21(27)17-13-15(24)8-9-18(17)30-22(19)23(26)28/h4,6-9,12-13,20H,5,10-11H2,1-3H3/t20-/m1/s1. The van der Waals surface area contributed by atoms with Gasteiger partial charge >= 0.3 is 0 Å². The Balaban J connectivity index is 1.89. The Hall–Kier alpha value is -3.19. The zero-order chi connectivity index (χ0) is 21.4. The van der Waals surface area contributed by atoms with E-state index in [1.165, 1.54) is 12.1 Å². The maximum absolute atomic E-state index is 13.8. The molecular weight excluding hydrogens is 387 g/mol. The van der Waals surface area contributed by atoms with E-state index in [1.807, 2.05) is 31.1 Å². The maximum Gasteiger partial charge on any atom is 0.290 e. The Morgan fingerprint density at radius 3 is 2.70 bits per heavy atom. The third-order valence-electron chi connectivity index (χ3n) is 5.34. The lowest BCUT2D eigenvalue weighted by atomic mass is 9.98. The molecule has 156 valence electrons. The minimum Gasteiger partial charge on any atom is -0.497 e. The van der Waals surface area contributed by atoms with Gasteiger partial charge in [0.1, 0.15) is 17.1 Å². The van der Waals surface area contributed by atoms with Crippen LogP contribution in [0.1, 0.15) is 34.1 Å². The van der Waals surface area contributed by atoms with Crippen molar-refractivity contribution in [1.29, 1.82) is 0 Å². The van der Waals surface area contributed by atoms with Gasteiger partial charge < -0.3 is 19.0 Å². The lowest BCUT2D eigenvalue weighted by molar-refractivity contribution is 0.0722. The van der Waals surface area contributed by atoms with Crippen LogP contribution < -0.4 is 10.2 Å². The summed E-state index contributed by atoms with van der Waals surface area (Å²) >= 11 is 0. The summed E-state index contributed by atoms with van der Waals surface area (Å²) in [6.45, 7) is 1.24. The molecule has 0 bridgehead atoms. The van der Waals surface area contributed by atoms with Crippen molar-refractivity contribution in [2.45, 2.75) is 12.5 Å². The highest BCUT2D eigenvalue weighted by Gasteiger charge is 2.42. The number of methoxy groups -OCH3 is 1. The van der Waals surface area contributed by atoms with Crippen LogP contribution in [-0.4, -0.2) is 50.0 Å². The van der Waals surface area contributed by atoms with Gasteiger partial charge in [0.15, 0.2) is 5.43 Å². The maximum atomic E-state index is 13.8. The number of rotatable bonds is 6. The third-order valence-corrected chi connectivity index (χ3v) is 5.34. The average Bonchev–Trinajstić information content (AvgIpc) is 3.01. The molecule has 7 heteroatoms. The van der Waals surface area contributed by atoms with Crippen LogP contribution in [0, 0.1) is 5.82 Å². The van der Waals surface area contributed by atoms with E-state index in [0.717, 1.165) is 24.6 Å². The van der Waals surface area contributed by atoms with E-state index in [-0.39, 0.29) is 33.6 Å². The highest BCUT2D eigenvalue weighted by atomic mass is 19.1. The van der Waals surface area contributed by atoms with Crippen LogP contribution in [0.2, 0.25) is 0 Å². The molecule has 2 heterocycles. The van der Waals surface area contributed by atoms with E-state index >= 15 is 0 Å². The molecule has 0 saturated heterocycles. The second kappa shape index (κ2) is 7.91. The summed E-state index contributed by atoms with van der Waals surface area (Å²) in [4.78, 5) is 30.3. The van der Waals surface area contributed by atoms with E-state index in [1.54, 1.807) is 24.1 Å². The van der Waals surface area contributed by atoms with Crippen LogP contribution in [0.25, 0.3) is 11.0 Å². The molecule has 30 heavy (non-hydrogen) atoms. The molecule has 1 aliphatic heterocycles. The number of ether oxygens (including phenoxy) is 1. The molecule has 6 nitrogen and oxygen atoms in total. The van der Waals surface area contributed by atoms with Crippen molar-refractivity contribution in [2.75, 3.05) is 34.3 Å². The van der Waals surface area contributed by atoms with Gasteiger partial charge in [0.05, 0.1) is 24.1 Å². The summed E-state index contributed by atoms with van der Waals surface area (Å²) in [5.74, 6) is -0.214. The van der Waals surface area contributed by atoms with Gasteiger partial charge in [-0.2, -0.15) is 0 Å². The van der Waals surface area contributed by atoms with Crippen LogP contribution in [0.5, 0.6) is 5.75 Å². The second-order valence-electron chi connectivity index (χ2n) is 7.65. The average molecular weight is 410 g/mol. The summed E-state index contributed by atoms with van der Waals surface area (Å²) in [5, 5.41) is 0.129. The van der Waals surface area contributed by atoms with Gasteiger partial charge in [0.2, 0.25) is 5.76 Å². The van der Waals surface area contributed by atoms with Gasteiger partial charge in [-0.25, -0.2) is 4.39 Å². The first kappa shape index (κ1) is 20.1. The fourth-order valence-electron chi connectivity index (χ4n) is 3.94. The highest BCUT2D eigenvalue weighted by Crippen LogP contribution is 2.39. The molecule has 3 aromatic rings. The first-order valence-corrected chi connectivity index (χ1v) is 9.76. The van der Waals surface area contributed by atoms with Crippen molar-refractivity contribution in [3.63, 3.8) is 0 Å². The summed E-state index contributed by atoms with van der Waals surface area (Å²) in [6.07, 6.45) is 0.732. The number of carbonyl (C=O) groups excluding carboxylic acids is 1. The molecule has 0 fully saturated rings. The van der Waals surface area contributed by atoms with Gasteiger partial charge in [-0.1, -0.05) is 12.1 Å². The Labute approximate surface area is 173 Å². The largest absolute Gasteiger partial charge is 0.497 e. The fraction of sp³-hybridized carbons (Fsp3) is 0.304. The molecule has 1 aromatic heterocycles. The molecular formula is C23H23FN2O4. The lowest BCUT2D eigenvalue weighted by Gasteiger charge is -2.26. The smallest absolute Gasteiger partial charge is 0.290 e. The number of nitrogens with zero attached hydrogens (tertiary/aromatic N) is 2. The molecule has 1 atom stereocenters. The summed E-state index contributed by atoms with van der Waals surface area (Å²) < 4.78 is 25.0. The summed E-state index contributed by atoms with van der Waals surface area (Å²) in [6, 6.07) is 10.4. The molecule has 0 spiro atoms. The van der Waals surface area contributed by atoms with Gasteiger partial charge in [-0.15, -0.1) is 0 Å². The predicted octanol–water partition coefficient (Wildman–Crippen LogP) is 3.44. The molecule has 1 amide bonds. The number of carbonyl (C=O) groups is 1.